The monoisotopic (exact) mass is 346 g/mol. The van der Waals surface area contributed by atoms with Gasteiger partial charge in [-0.15, -0.1) is 11.8 Å². The van der Waals surface area contributed by atoms with Crippen LogP contribution in [0.4, 0.5) is 0 Å². The molecule has 0 saturated carbocycles. The SMILES string of the molecule is CCOC(=O)C=CC1(c2ccc(OC)c(C(C)(C)C)c2)C=CSC1. The quantitative estimate of drug-likeness (QED) is 0.576. The van der Waals surface area contributed by atoms with E-state index in [0.29, 0.717) is 6.61 Å². The highest BCUT2D eigenvalue weighted by atomic mass is 32.2. The van der Waals surface area contributed by atoms with Crippen LogP contribution in [-0.4, -0.2) is 25.4 Å². The topological polar surface area (TPSA) is 35.5 Å². The third-order valence-electron chi connectivity index (χ3n) is 4.13. The van der Waals surface area contributed by atoms with Gasteiger partial charge >= 0.3 is 5.97 Å². The second kappa shape index (κ2) is 7.47. The Labute approximate surface area is 149 Å². The number of ether oxygens (including phenoxy) is 2. The Morgan fingerprint density at radius 2 is 2.12 bits per heavy atom. The van der Waals surface area contributed by atoms with Gasteiger partial charge in [0, 0.05) is 17.2 Å². The van der Waals surface area contributed by atoms with Crippen LogP contribution in [0.5, 0.6) is 5.75 Å². The van der Waals surface area contributed by atoms with Crippen LogP contribution < -0.4 is 4.74 Å². The molecular weight excluding hydrogens is 320 g/mol. The number of benzene rings is 1. The van der Waals surface area contributed by atoms with Crippen LogP contribution in [0.2, 0.25) is 0 Å². The molecule has 0 spiro atoms. The summed E-state index contributed by atoms with van der Waals surface area (Å²) in [4.78, 5) is 11.7. The van der Waals surface area contributed by atoms with Gasteiger partial charge in [-0.3, -0.25) is 0 Å². The van der Waals surface area contributed by atoms with Gasteiger partial charge in [-0.25, -0.2) is 4.79 Å². The number of thioether (sulfide) groups is 1. The summed E-state index contributed by atoms with van der Waals surface area (Å²) >= 11 is 1.75. The first-order valence-electron chi connectivity index (χ1n) is 8.17. The van der Waals surface area contributed by atoms with Gasteiger partial charge in [0.2, 0.25) is 0 Å². The fourth-order valence-electron chi connectivity index (χ4n) is 2.77. The van der Waals surface area contributed by atoms with Crippen molar-refractivity contribution in [1.29, 1.82) is 0 Å². The molecule has 3 nitrogen and oxygen atoms in total. The molecule has 1 aromatic rings. The van der Waals surface area contributed by atoms with Crippen molar-refractivity contribution in [3.05, 3.63) is 53.0 Å². The first kappa shape index (κ1) is 18.7. The number of carbonyl (C=O) groups excluding carboxylic acids is 1. The molecular formula is C20H26O3S. The third kappa shape index (κ3) is 4.04. The van der Waals surface area contributed by atoms with Crippen molar-refractivity contribution in [3.63, 3.8) is 0 Å². The molecule has 1 aliphatic rings. The number of hydrogen-bond acceptors (Lipinski definition) is 4. The van der Waals surface area contributed by atoms with Crippen LogP contribution in [-0.2, 0) is 20.4 Å². The molecule has 0 fully saturated rings. The maximum atomic E-state index is 11.7. The van der Waals surface area contributed by atoms with Gasteiger partial charge in [-0.2, -0.15) is 0 Å². The van der Waals surface area contributed by atoms with Crippen molar-refractivity contribution in [2.45, 2.75) is 38.5 Å². The van der Waals surface area contributed by atoms with Gasteiger partial charge in [0.15, 0.2) is 0 Å². The van der Waals surface area contributed by atoms with E-state index in [-0.39, 0.29) is 16.8 Å². The lowest BCUT2D eigenvalue weighted by Gasteiger charge is -2.28. The smallest absolute Gasteiger partial charge is 0.330 e. The van der Waals surface area contributed by atoms with Crippen molar-refractivity contribution >= 4 is 17.7 Å². The average molecular weight is 346 g/mol. The Morgan fingerprint density at radius 3 is 2.67 bits per heavy atom. The fraction of sp³-hybridized carbons (Fsp3) is 0.450. The zero-order valence-corrected chi connectivity index (χ0v) is 15.9. The molecule has 4 heteroatoms. The minimum absolute atomic E-state index is 0.0249. The van der Waals surface area contributed by atoms with Crippen LogP contribution in [0.1, 0.15) is 38.8 Å². The summed E-state index contributed by atoms with van der Waals surface area (Å²) in [5, 5.41) is 2.09. The van der Waals surface area contributed by atoms with Gasteiger partial charge < -0.3 is 9.47 Å². The third-order valence-corrected chi connectivity index (χ3v) is 5.11. The molecule has 0 radical (unpaired) electrons. The molecule has 0 aromatic heterocycles. The predicted octanol–water partition coefficient (Wildman–Crippen LogP) is 4.61. The zero-order chi connectivity index (χ0) is 17.8. The molecule has 0 amide bonds. The highest BCUT2D eigenvalue weighted by molar-refractivity contribution is 8.02. The summed E-state index contributed by atoms with van der Waals surface area (Å²) in [5.41, 5.74) is 2.01. The number of methoxy groups -OCH3 is 1. The Kier molecular flexibility index (Phi) is 5.81. The number of esters is 1. The Morgan fingerprint density at radius 1 is 1.38 bits per heavy atom. The van der Waals surface area contributed by atoms with Crippen molar-refractivity contribution in [2.75, 3.05) is 19.5 Å². The van der Waals surface area contributed by atoms with Gasteiger partial charge in [0.05, 0.1) is 13.7 Å². The average Bonchev–Trinajstić information content (AvgIpc) is 3.02. The van der Waals surface area contributed by atoms with Crippen LogP contribution in [0.3, 0.4) is 0 Å². The molecule has 130 valence electrons. The molecule has 1 atom stereocenters. The highest BCUT2D eigenvalue weighted by Crippen LogP contribution is 2.41. The molecule has 1 aromatic carbocycles. The van der Waals surface area contributed by atoms with Crippen LogP contribution >= 0.6 is 11.8 Å². The maximum absolute atomic E-state index is 11.7. The van der Waals surface area contributed by atoms with Crippen molar-refractivity contribution in [1.82, 2.24) is 0 Å². The lowest BCUT2D eigenvalue weighted by atomic mass is 9.78. The molecule has 2 rings (SSSR count). The maximum Gasteiger partial charge on any atom is 0.330 e. The van der Waals surface area contributed by atoms with Crippen molar-refractivity contribution in [3.8, 4) is 5.75 Å². The zero-order valence-electron chi connectivity index (χ0n) is 15.1. The van der Waals surface area contributed by atoms with E-state index in [1.807, 2.05) is 19.1 Å². The van der Waals surface area contributed by atoms with E-state index in [4.69, 9.17) is 9.47 Å². The number of allylic oxidation sites excluding steroid dienone is 2. The van der Waals surface area contributed by atoms with Crippen molar-refractivity contribution in [2.24, 2.45) is 0 Å². The van der Waals surface area contributed by atoms with Crippen LogP contribution in [0.15, 0.2) is 41.8 Å². The summed E-state index contributed by atoms with van der Waals surface area (Å²) in [7, 11) is 1.70. The molecule has 1 heterocycles. The summed E-state index contributed by atoms with van der Waals surface area (Å²) in [5.74, 6) is 1.47. The minimum atomic E-state index is -0.299. The van der Waals surface area contributed by atoms with E-state index >= 15 is 0 Å². The fourth-order valence-corrected chi connectivity index (χ4v) is 3.84. The minimum Gasteiger partial charge on any atom is -0.496 e. The lowest BCUT2D eigenvalue weighted by Crippen LogP contribution is -2.23. The first-order valence-corrected chi connectivity index (χ1v) is 9.21. The molecule has 24 heavy (non-hydrogen) atoms. The van der Waals surface area contributed by atoms with Gasteiger partial charge in [-0.05, 0) is 34.9 Å². The highest BCUT2D eigenvalue weighted by Gasteiger charge is 2.32. The van der Waals surface area contributed by atoms with E-state index in [1.54, 1.807) is 24.9 Å². The largest absolute Gasteiger partial charge is 0.496 e. The van der Waals surface area contributed by atoms with Crippen LogP contribution in [0, 0.1) is 0 Å². The second-order valence-electron chi connectivity index (χ2n) is 6.90. The van der Waals surface area contributed by atoms with E-state index in [9.17, 15) is 4.79 Å². The summed E-state index contributed by atoms with van der Waals surface area (Å²) < 4.78 is 10.6. The van der Waals surface area contributed by atoms with Crippen molar-refractivity contribution < 1.29 is 14.3 Å². The summed E-state index contributed by atoms with van der Waals surface area (Å²) in [6, 6.07) is 6.30. The van der Waals surface area contributed by atoms with E-state index in [2.05, 4.69) is 44.4 Å². The molecule has 1 unspecified atom stereocenters. The van der Waals surface area contributed by atoms with Gasteiger partial charge in [0.1, 0.15) is 5.75 Å². The van der Waals surface area contributed by atoms with E-state index < -0.39 is 0 Å². The molecule has 0 aliphatic carbocycles. The number of rotatable bonds is 5. The van der Waals surface area contributed by atoms with E-state index in [1.165, 1.54) is 0 Å². The number of hydrogen-bond donors (Lipinski definition) is 0. The first-order chi connectivity index (χ1) is 11.3. The standard InChI is InChI=1S/C20H26O3S/c1-6-23-18(21)9-10-20(11-12-24-14-20)15-7-8-17(22-5)16(13-15)19(2,3)4/h7-13H,6,14H2,1-5H3. The molecule has 0 bridgehead atoms. The van der Waals surface area contributed by atoms with E-state index in [0.717, 1.165) is 22.6 Å². The molecule has 0 saturated heterocycles. The predicted molar refractivity (Wildman–Crippen MR) is 101 cm³/mol. The van der Waals surface area contributed by atoms with Crippen LogP contribution in [0.25, 0.3) is 0 Å². The molecule has 0 N–H and O–H groups in total. The summed E-state index contributed by atoms with van der Waals surface area (Å²) in [6.07, 6.45) is 5.65. The Balaban J connectivity index is 2.46. The second-order valence-corrected chi connectivity index (χ2v) is 7.80. The number of carbonyl (C=O) groups is 1. The van der Waals surface area contributed by atoms with Gasteiger partial charge in [-0.1, -0.05) is 45.1 Å². The Hall–Kier alpha value is -1.68. The summed E-state index contributed by atoms with van der Waals surface area (Å²) in [6.45, 7) is 8.72. The molecule has 1 aliphatic heterocycles. The van der Waals surface area contributed by atoms with Gasteiger partial charge in [0.25, 0.3) is 0 Å². The normalized spacial score (nSPS) is 20.5. The lowest BCUT2D eigenvalue weighted by molar-refractivity contribution is -0.137. The Bertz CT molecular complexity index is 655.